The average molecular weight is 364 g/mol. The summed E-state index contributed by atoms with van der Waals surface area (Å²) in [5, 5.41) is 2.82. The van der Waals surface area contributed by atoms with Crippen molar-refractivity contribution in [3.05, 3.63) is 59.9 Å². The zero-order chi connectivity index (χ0) is 19.2. The van der Waals surface area contributed by atoms with Gasteiger partial charge in [-0.15, -0.1) is 0 Å². The average Bonchev–Trinajstić information content (AvgIpc) is 3.11. The molecule has 0 spiro atoms. The van der Waals surface area contributed by atoms with Gasteiger partial charge in [0.1, 0.15) is 17.1 Å². The highest BCUT2D eigenvalue weighted by molar-refractivity contribution is 6.07. The van der Waals surface area contributed by atoms with Crippen molar-refractivity contribution in [3.8, 4) is 5.75 Å². The minimum Gasteiger partial charge on any atom is -0.497 e. The third kappa shape index (κ3) is 2.63. The summed E-state index contributed by atoms with van der Waals surface area (Å²) in [6.45, 7) is 1.82. The van der Waals surface area contributed by atoms with E-state index in [-0.39, 0.29) is 12.5 Å². The third-order valence-corrected chi connectivity index (χ3v) is 5.12. The predicted octanol–water partition coefficient (Wildman–Crippen LogP) is 2.55. The molecule has 1 fully saturated rings. The fraction of sp³-hybridized carbons (Fsp3) is 0.250. The number of methoxy groups -OCH3 is 1. The highest BCUT2D eigenvalue weighted by Crippen LogP contribution is 2.31. The first-order valence-corrected chi connectivity index (χ1v) is 8.63. The molecule has 0 saturated carbocycles. The highest BCUT2D eigenvalue weighted by atomic mass is 16.5. The maximum absolute atomic E-state index is 13.1. The third-order valence-electron chi connectivity index (χ3n) is 5.12. The minimum atomic E-state index is -1.12. The Morgan fingerprint density at radius 2 is 1.81 bits per heavy atom. The van der Waals surface area contributed by atoms with Crippen molar-refractivity contribution >= 4 is 23.0 Å². The Balaban J connectivity index is 1.65. The van der Waals surface area contributed by atoms with Gasteiger partial charge in [-0.2, -0.15) is 0 Å². The predicted molar refractivity (Wildman–Crippen MR) is 100 cm³/mol. The summed E-state index contributed by atoms with van der Waals surface area (Å²) in [5.41, 5.74) is 1.38. The van der Waals surface area contributed by atoms with Gasteiger partial charge in [-0.05, 0) is 36.8 Å². The van der Waals surface area contributed by atoms with Gasteiger partial charge in [0.05, 0.1) is 24.7 Å². The fourth-order valence-corrected chi connectivity index (χ4v) is 3.44. The number of urea groups is 1. The van der Waals surface area contributed by atoms with Crippen molar-refractivity contribution in [1.82, 2.24) is 19.8 Å². The molecule has 7 heteroatoms. The number of hydrogen-bond donors (Lipinski definition) is 1. The number of imidazole rings is 1. The van der Waals surface area contributed by atoms with Crippen LogP contribution in [0.25, 0.3) is 11.0 Å². The van der Waals surface area contributed by atoms with Gasteiger partial charge in [0.2, 0.25) is 0 Å². The van der Waals surface area contributed by atoms with Crippen LogP contribution in [0.15, 0.2) is 48.5 Å². The standard InChI is InChI=1S/C20H20N4O3/c1-20(13-8-10-14(27-3)11-9-13)18(25)24(19(26)22-20)12-17-21-15-6-4-5-7-16(15)23(17)2/h4-11H,12H2,1-3H3,(H,22,26). The lowest BCUT2D eigenvalue weighted by atomic mass is 9.92. The van der Waals surface area contributed by atoms with E-state index in [0.717, 1.165) is 11.0 Å². The summed E-state index contributed by atoms with van der Waals surface area (Å²) in [5.74, 6) is 1.04. The van der Waals surface area contributed by atoms with E-state index in [9.17, 15) is 9.59 Å². The van der Waals surface area contributed by atoms with Crippen LogP contribution in [0.1, 0.15) is 18.3 Å². The van der Waals surface area contributed by atoms with Crippen molar-refractivity contribution < 1.29 is 14.3 Å². The number of rotatable bonds is 4. The molecule has 1 saturated heterocycles. The number of fused-ring (bicyclic) bond motifs is 1. The maximum atomic E-state index is 13.1. The van der Waals surface area contributed by atoms with Gasteiger partial charge in [-0.3, -0.25) is 9.69 Å². The Labute approximate surface area is 156 Å². The quantitative estimate of drug-likeness (QED) is 0.722. The summed E-state index contributed by atoms with van der Waals surface area (Å²) in [7, 11) is 3.46. The van der Waals surface area contributed by atoms with Crippen molar-refractivity contribution in [2.24, 2.45) is 7.05 Å². The number of nitrogens with one attached hydrogen (secondary N) is 1. The number of hydrogen-bond acceptors (Lipinski definition) is 4. The van der Waals surface area contributed by atoms with Gasteiger partial charge in [0.15, 0.2) is 0 Å². The van der Waals surface area contributed by atoms with E-state index in [2.05, 4.69) is 10.3 Å². The molecule has 2 aromatic carbocycles. The molecule has 3 aromatic rings. The van der Waals surface area contributed by atoms with E-state index in [1.54, 1.807) is 38.3 Å². The molecular formula is C20H20N4O3. The number of amides is 3. The van der Waals surface area contributed by atoms with Crippen LogP contribution in [-0.2, 0) is 23.9 Å². The first kappa shape index (κ1) is 17.1. The lowest BCUT2D eigenvalue weighted by Crippen LogP contribution is -2.40. The number of aromatic nitrogens is 2. The number of para-hydroxylation sites is 2. The van der Waals surface area contributed by atoms with E-state index in [4.69, 9.17) is 4.74 Å². The largest absolute Gasteiger partial charge is 0.497 e. The lowest BCUT2D eigenvalue weighted by molar-refractivity contribution is -0.131. The molecule has 0 bridgehead atoms. The van der Waals surface area contributed by atoms with Crippen LogP contribution in [0.4, 0.5) is 4.79 Å². The van der Waals surface area contributed by atoms with Crippen molar-refractivity contribution in [3.63, 3.8) is 0 Å². The van der Waals surface area contributed by atoms with Crippen molar-refractivity contribution in [2.75, 3.05) is 7.11 Å². The van der Waals surface area contributed by atoms with E-state index in [1.807, 2.05) is 35.9 Å². The molecule has 27 heavy (non-hydrogen) atoms. The number of nitrogens with zero attached hydrogens (tertiary/aromatic N) is 3. The van der Waals surface area contributed by atoms with Crippen LogP contribution in [0.3, 0.4) is 0 Å². The van der Waals surface area contributed by atoms with Crippen LogP contribution in [-0.4, -0.2) is 33.5 Å². The summed E-state index contributed by atoms with van der Waals surface area (Å²) in [6.07, 6.45) is 0. The highest BCUT2D eigenvalue weighted by Gasteiger charge is 2.49. The molecule has 1 aliphatic heterocycles. The first-order chi connectivity index (χ1) is 12.9. The van der Waals surface area contributed by atoms with Crippen molar-refractivity contribution in [1.29, 1.82) is 0 Å². The van der Waals surface area contributed by atoms with Crippen molar-refractivity contribution in [2.45, 2.75) is 19.0 Å². The van der Waals surface area contributed by atoms with Crippen LogP contribution in [0.2, 0.25) is 0 Å². The summed E-state index contributed by atoms with van der Waals surface area (Å²) in [4.78, 5) is 31.4. The SMILES string of the molecule is COc1ccc(C2(C)NC(=O)N(Cc3nc4ccccc4n3C)C2=O)cc1. The molecule has 7 nitrogen and oxygen atoms in total. The van der Waals surface area contributed by atoms with Gasteiger partial charge in [0.25, 0.3) is 5.91 Å². The van der Waals surface area contributed by atoms with E-state index in [0.29, 0.717) is 17.1 Å². The van der Waals surface area contributed by atoms with E-state index in [1.165, 1.54) is 4.90 Å². The monoisotopic (exact) mass is 364 g/mol. The molecule has 2 heterocycles. The van der Waals surface area contributed by atoms with Gasteiger partial charge in [-0.1, -0.05) is 24.3 Å². The maximum Gasteiger partial charge on any atom is 0.325 e. The number of carbonyl (C=O) groups excluding carboxylic acids is 2. The Morgan fingerprint density at radius 1 is 1.11 bits per heavy atom. The Hall–Kier alpha value is -3.35. The second-order valence-corrected chi connectivity index (χ2v) is 6.75. The van der Waals surface area contributed by atoms with Crippen LogP contribution < -0.4 is 10.1 Å². The molecular weight excluding hydrogens is 344 g/mol. The first-order valence-electron chi connectivity index (χ1n) is 8.63. The molecule has 1 atom stereocenters. The number of aryl methyl sites for hydroxylation is 1. The summed E-state index contributed by atoms with van der Waals surface area (Å²) < 4.78 is 7.06. The number of benzene rings is 2. The van der Waals surface area contributed by atoms with Crippen LogP contribution >= 0.6 is 0 Å². The molecule has 3 amide bonds. The minimum absolute atomic E-state index is 0.113. The molecule has 0 radical (unpaired) electrons. The molecule has 1 aliphatic rings. The molecule has 1 aromatic heterocycles. The lowest BCUT2D eigenvalue weighted by Gasteiger charge is -2.22. The second kappa shape index (κ2) is 6.12. The second-order valence-electron chi connectivity index (χ2n) is 6.75. The molecule has 1 unspecified atom stereocenters. The van der Waals surface area contributed by atoms with Gasteiger partial charge in [-0.25, -0.2) is 9.78 Å². The molecule has 138 valence electrons. The van der Waals surface area contributed by atoms with Gasteiger partial charge >= 0.3 is 6.03 Å². The van der Waals surface area contributed by atoms with Crippen LogP contribution in [0.5, 0.6) is 5.75 Å². The fourth-order valence-electron chi connectivity index (χ4n) is 3.44. The number of imide groups is 1. The summed E-state index contributed by atoms with van der Waals surface area (Å²) >= 11 is 0. The van der Waals surface area contributed by atoms with Gasteiger partial charge < -0.3 is 14.6 Å². The topological polar surface area (TPSA) is 76.5 Å². The number of ether oxygens (including phenoxy) is 1. The Morgan fingerprint density at radius 3 is 2.48 bits per heavy atom. The Kier molecular flexibility index (Phi) is 3.87. The molecule has 0 aliphatic carbocycles. The zero-order valence-electron chi connectivity index (χ0n) is 15.4. The molecule has 4 rings (SSSR count). The summed E-state index contributed by atoms with van der Waals surface area (Å²) in [6, 6.07) is 14.4. The van der Waals surface area contributed by atoms with E-state index < -0.39 is 11.6 Å². The Bertz CT molecular complexity index is 1040. The normalized spacial score (nSPS) is 19.6. The van der Waals surface area contributed by atoms with Crippen LogP contribution in [0, 0.1) is 0 Å². The number of carbonyl (C=O) groups is 2. The van der Waals surface area contributed by atoms with E-state index >= 15 is 0 Å². The zero-order valence-corrected chi connectivity index (χ0v) is 15.4. The smallest absolute Gasteiger partial charge is 0.325 e. The molecule has 1 N–H and O–H groups in total. The van der Waals surface area contributed by atoms with Gasteiger partial charge in [0, 0.05) is 7.05 Å².